The van der Waals surface area contributed by atoms with Crippen LogP contribution in [0.3, 0.4) is 0 Å². The van der Waals surface area contributed by atoms with Crippen molar-refractivity contribution in [2.45, 2.75) is 31.1 Å². The van der Waals surface area contributed by atoms with Gasteiger partial charge in [0.25, 0.3) is 5.91 Å². The molecule has 0 atom stereocenters. The highest BCUT2D eigenvalue weighted by Crippen LogP contribution is 2.47. The molecule has 4 rings (SSSR count). The van der Waals surface area contributed by atoms with Gasteiger partial charge in [0.1, 0.15) is 17.9 Å². The molecule has 29 heavy (non-hydrogen) atoms. The average Bonchev–Trinajstić information content (AvgIpc) is 3.44. The summed E-state index contributed by atoms with van der Waals surface area (Å²) >= 11 is 5.75. The molecule has 2 aliphatic rings. The standard InChI is InChI=1S/C20H15ClF4N2O2/c21-14-5-6-16(15(22)9-14)26-11-17(28)27(19(7-8-19)18(26)29)10-12-1-3-13(4-2-12)20(23,24)25/h1-6,9H,7-8,10-11H2. The fourth-order valence-corrected chi connectivity index (χ4v) is 3.77. The largest absolute Gasteiger partial charge is 0.416 e. The van der Waals surface area contributed by atoms with E-state index in [-0.39, 0.29) is 23.8 Å². The van der Waals surface area contributed by atoms with Crippen molar-refractivity contribution < 1.29 is 27.2 Å². The highest BCUT2D eigenvalue weighted by Gasteiger charge is 2.61. The number of hydrogen-bond donors (Lipinski definition) is 0. The number of carbonyl (C=O) groups is 2. The fourth-order valence-electron chi connectivity index (χ4n) is 3.62. The third-order valence-corrected chi connectivity index (χ3v) is 5.54. The molecule has 0 bridgehead atoms. The molecule has 1 aliphatic heterocycles. The first-order valence-corrected chi connectivity index (χ1v) is 9.23. The van der Waals surface area contributed by atoms with Gasteiger partial charge in [0, 0.05) is 11.6 Å². The lowest BCUT2D eigenvalue weighted by Crippen LogP contribution is -2.61. The molecular formula is C20H15ClF4N2O2. The van der Waals surface area contributed by atoms with Gasteiger partial charge in [-0.1, -0.05) is 23.7 Å². The summed E-state index contributed by atoms with van der Waals surface area (Å²) < 4.78 is 52.5. The van der Waals surface area contributed by atoms with Crippen LogP contribution in [-0.2, 0) is 22.3 Å². The van der Waals surface area contributed by atoms with E-state index in [0.29, 0.717) is 18.4 Å². The number of piperazine rings is 1. The molecule has 0 radical (unpaired) electrons. The minimum absolute atomic E-state index is 0.0135. The van der Waals surface area contributed by atoms with Gasteiger partial charge in [-0.2, -0.15) is 13.2 Å². The number of anilines is 1. The molecule has 0 N–H and O–H groups in total. The van der Waals surface area contributed by atoms with E-state index in [1.807, 2.05) is 0 Å². The number of amides is 2. The molecule has 1 saturated heterocycles. The predicted molar refractivity (Wildman–Crippen MR) is 97.7 cm³/mol. The Morgan fingerprint density at radius 3 is 2.24 bits per heavy atom. The third-order valence-electron chi connectivity index (χ3n) is 5.30. The summed E-state index contributed by atoms with van der Waals surface area (Å²) in [7, 11) is 0. The van der Waals surface area contributed by atoms with Crippen molar-refractivity contribution in [2.24, 2.45) is 0 Å². The van der Waals surface area contributed by atoms with Crippen LogP contribution in [0.25, 0.3) is 0 Å². The number of halogens is 5. The Hall–Kier alpha value is -2.61. The van der Waals surface area contributed by atoms with Gasteiger partial charge in [-0.3, -0.25) is 14.5 Å². The topological polar surface area (TPSA) is 40.6 Å². The smallest absolute Gasteiger partial charge is 0.322 e. The fraction of sp³-hybridized carbons (Fsp3) is 0.300. The van der Waals surface area contributed by atoms with E-state index in [1.165, 1.54) is 29.2 Å². The maximum atomic E-state index is 14.3. The molecule has 4 nitrogen and oxygen atoms in total. The van der Waals surface area contributed by atoms with E-state index in [1.54, 1.807) is 0 Å². The van der Waals surface area contributed by atoms with Gasteiger partial charge >= 0.3 is 6.18 Å². The molecule has 2 fully saturated rings. The van der Waals surface area contributed by atoms with Crippen LogP contribution in [-0.4, -0.2) is 28.8 Å². The molecule has 1 saturated carbocycles. The zero-order valence-electron chi connectivity index (χ0n) is 15.0. The third kappa shape index (κ3) is 3.46. The average molecular weight is 427 g/mol. The van der Waals surface area contributed by atoms with E-state index in [0.717, 1.165) is 23.1 Å². The quantitative estimate of drug-likeness (QED) is 0.682. The van der Waals surface area contributed by atoms with Crippen LogP contribution in [0.4, 0.5) is 23.2 Å². The van der Waals surface area contributed by atoms with Gasteiger partial charge in [-0.05, 0) is 48.7 Å². The second-order valence-electron chi connectivity index (χ2n) is 7.19. The number of alkyl halides is 3. The first kappa shape index (κ1) is 19.7. The summed E-state index contributed by atoms with van der Waals surface area (Å²) in [6, 6.07) is 8.34. The predicted octanol–water partition coefficient (Wildman–Crippen LogP) is 4.41. The van der Waals surface area contributed by atoms with Crippen molar-refractivity contribution in [1.29, 1.82) is 0 Å². The molecular weight excluding hydrogens is 412 g/mol. The summed E-state index contributed by atoms with van der Waals surface area (Å²) in [6.07, 6.45) is -3.61. The van der Waals surface area contributed by atoms with Gasteiger partial charge in [0.2, 0.25) is 5.91 Å². The van der Waals surface area contributed by atoms with Crippen molar-refractivity contribution in [3.8, 4) is 0 Å². The second kappa shape index (κ2) is 6.73. The first-order valence-electron chi connectivity index (χ1n) is 8.85. The molecule has 2 amide bonds. The van der Waals surface area contributed by atoms with E-state index in [9.17, 15) is 27.2 Å². The number of nitrogens with zero attached hydrogens (tertiary/aromatic N) is 2. The van der Waals surface area contributed by atoms with Gasteiger partial charge < -0.3 is 4.90 Å². The summed E-state index contributed by atoms with van der Waals surface area (Å²) in [6.45, 7) is -0.334. The number of rotatable bonds is 3. The van der Waals surface area contributed by atoms with Crippen LogP contribution < -0.4 is 4.90 Å². The van der Waals surface area contributed by atoms with Gasteiger partial charge in [0.05, 0.1) is 11.3 Å². The minimum atomic E-state index is -4.45. The zero-order chi connectivity index (χ0) is 21.0. The maximum absolute atomic E-state index is 14.3. The Labute approximate surface area is 168 Å². The van der Waals surface area contributed by atoms with E-state index in [2.05, 4.69) is 0 Å². The zero-order valence-corrected chi connectivity index (χ0v) is 15.7. The van der Waals surface area contributed by atoms with E-state index >= 15 is 0 Å². The van der Waals surface area contributed by atoms with Crippen molar-refractivity contribution in [2.75, 3.05) is 11.4 Å². The Morgan fingerprint density at radius 2 is 1.69 bits per heavy atom. The Kier molecular flexibility index (Phi) is 4.57. The maximum Gasteiger partial charge on any atom is 0.416 e. The SMILES string of the molecule is O=C1CN(c2ccc(Cl)cc2F)C(=O)C2(CC2)N1Cc1ccc(C(F)(F)F)cc1. The number of carbonyl (C=O) groups excluding carboxylic acids is 2. The van der Waals surface area contributed by atoms with Crippen molar-refractivity contribution in [1.82, 2.24) is 4.90 Å². The highest BCUT2D eigenvalue weighted by molar-refractivity contribution is 6.30. The molecule has 2 aromatic carbocycles. The molecule has 0 aromatic heterocycles. The van der Waals surface area contributed by atoms with Gasteiger partial charge in [-0.15, -0.1) is 0 Å². The lowest BCUT2D eigenvalue weighted by Gasteiger charge is -2.41. The Bertz CT molecular complexity index is 987. The second-order valence-corrected chi connectivity index (χ2v) is 7.63. The molecule has 2 aromatic rings. The summed E-state index contributed by atoms with van der Waals surface area (Å²) in [5.74, 6) is -1.49. The van der Waals surface area contributed by atoms with E-state index in [4.69, 9.17) is 11.6 Å². The van der Waals surface area contributed by atoms with Crippen molar-refractivity contribution in [3.05, 3.63) is 64.4 Å². The lowest BCUT2D eigenvalue weighted by molar-refractivity contribution is -0.145. The van der Waals surface area contributed by atoms with Crippen LogP contribution >= 0.6 is 11.6 Å². The van der Waals surface area contributed by atoms with Crippen LogP contribution in [0.5, 0.6) is 0 Å². The molecule has 1 heterocycles. The number of benzene rings is 2. The van der Waals surface area contributed by atoms with Crippen LogP contribution in [0.1, 0.15) is 24.0 Å². The van der Waals surface area contributed by atoms with Crippen LogP contribution in [0.15, 0.2) is 42.5 Å². The molecule has 1 aliphatic carbocycles. The normalized spacial score (nSPS) is 18.5. The van der Waals surface area contributed by atoms with Crippen molar-refractivity contribution >= 4 is 29.1 Å². The molecule has 9 heteroatoms. The molecule has 0 unspecified atom stereocenters. The van der Waals surface area contributed by atoms with Gasteiger partial charge in [0.15, 0.2) is 0 Å². The molecule has 152 valence electrons. The van der Waals surface area contributed by atoms with E-state index < -0.39 is 34.9 Å². The van der Waals surface area contributed by atoms with Crippen LogP contribution in [0.2, 0.25) is 5.02 Å². The summed E-state index contributed by atoms with van der Waals surface area (Å²) in [4.78, 5) is 28.4. The Morgan fingerprint density at radius 1 is 1.03 bits per heavy atom. The summed E-state index contributed by atoms with van der Waals surface area (Å²) in [5, 5.41) is 0.173. The van der Waals surface area contributed by atoms with Gasteiger partial charge in [-0.25, -0.2) is 4.39 Å². The Balaban J connectivity index is 1.58. The highest BCUT2D eigenvalue weighted by atomic mass is 35.5. The first-order chi connectivity index (χ1) is 13.6. The molecule has 1 spiro atoms. The number of hydrogen-bond acceptors (Lipinski definition) is 2. The minimum Gasteiger partial charge on any atom is -0.322 e. The monoisotopic (exact) mass is 426 g/mol. The lowest BCUT2D eigenvalue weighted by atomic mass is 10.0. The summed E-state index contributed by atoms with van der Waals surface area (Å²) in [5.41, 5.74) is -1.40. The van der Waals surface area contributed by atoms with Crippen LogP contribution in [0, 0.1) is 5.82 Å². The van der Waals surface area contributed by atoms with Crippen molar-refractivity contribution in [3.63, 3.8) is 0 Å².